The SMILES string of the molecule is Cc1ccc(-c2ccccc2C[C@@H]2CNCCNC2=O)c(C)c1. The Morgan fingerprint density at radius 2 is 1.87 bits per heavy atom. The van der Waals surface area contributed by atoms with E-state index in [1.165, 1.54) is 27.8 Å². The fourth-order valence-corrected chi connectivity index (χ4v) is 3.29. The quantitative estimate of drug-likeness (QED) is 0.915. The lowest BCUT2D eigenvalue weighted by Gasteiger charge is -2.17. The third-order valence-electron chi connectivity index (χ3n) is 4.52. The van der Waals surface area contributed by atoms with Crippen LogP contribution in [-0.4, -0.2) is 25.5 Å². The molecule has 3 rings (SSSR count). The molecule has 0 aromatic heterocycles. The Labute approximate surface area is 138 Å². The maximum absolute atomic E-state index is 12.2. The highest BCUT2D eigenvalue weighted by Gasteiger charge is 2.22. The van der Waals surface area contributed by atoms with Crippen LogP contribution in [0, 0.1) is 19.8 Å². The summed E-state index contributed by atoms with van der Waals surface area (Å²) in [6, 6.07) is 15.0. The molecule has 0 aliphatic carbocycles. The minimum Gasteiger partial charge on any atom is -0.355 e. The minimum absolute atomic E-state index is 0.00981. The number of aryl methyl sites for hydroxylation is 2. The maximum atomic E-state index is 12.2. The van der Waals surface area contributed by atoms with Crippen molar-refractivity contribution < 1.29 is 4.79 Å². The van der Waals surface area contributed by atoms with Crippen molar-refractivity contribution in [3.05, 3.63) is 59.2 Å². The van der Waals surface area contributed by atoms with Crippen LogP contribution < -0.4 is 10.6 Å². The molecule has 1 aliphatic heterocycles. The van der Waals surface area contributed by atoms with Crippen molar-refractivity contribution >= 4 is 5.91 Å². The van der Waals surface area contributed by atoms with E-state index in [4.69, 9.17) is 0 Å². The summed E-state index contributed by atoms with van der Waals surface area (Å²) in [6.07, 6.45) is 0.766. The summed E-state index contributed by atoms with van der Waals surface area (Å²) in [4.78, 5) is 12.2. The van der Waals surface area contributed by atoms with Crippen LogP contribution in [0.15, 0.2) is 42.5 Å². The lowest BCUT2D eigenvalue weighted by molar-refractivity contribution is -0.124. The molecular formula is C20H24N2O. The third-order valence-corrected chi connectivity index (χ3v) is 4.52. The fourth-order valence-electron chi connectivity index (χ4n) is 3.29. The number of rotatable bonds is 3. The molecule has 0 bridgehead atoms. The van der Waals surface area contributed by atoms with E-state index < -0.39 is 0 Å². The highest BCUT2D eigenvalue weighted by molar-refractivity contribution is 5.80. The van der Waals surface area contributed by atoms with Gasteiger partial charge in [-0.15, -0.1) is 0 Å². The van der Waals surface area contributed by atoms with Crippen LogP contribution >= 0.6 is 0 Å². The summed E-state index contributed by atoms with van der Waals surface area (Å²) in [5.41, 5.74) is 6.29. The second-order valence-corrected chi connectivity index (χ2v) is 6.37. The predicted molar refractivity (Wildman–Crippen MR) is 94.4 cm³/mol. The van der Waals surface area contributed by atoms with E-state index in [0.717, 1.165) is 19.5 Å². The van der Waals surface area contributed by atoms with E-state index in [2.05, 4.69) is 66.9 Å². The first-order valence-corrected chi connectivity index (χ1v) is 8.29. The van der Waals surface area contributed by atoms with Crippen molar-refractivity contribution in [2.75, 3.05) is 19.6 Å². The summed E-state index contributed by atoms with van der Waals surface area (Å²) in [6.45, 7) is 6.57. The van der Waals surface area contributed by atoms with Crippen molar-refractivity contribution in [2.45, 2.75) is 20.3 Å². The number of hydrogen-bond acceptors (Lipinski definition) is 2. The first-order chi connectivity index (χ1) is 11.1. The zero-order valence-electron chi connectivity index (χ0n) is 13.9. The van der Waals surface area contributed by atoms with E-state index in [1.807, 2.05) is 0 Å². The molecule has 0 spiro atoms. The van der Waals surface area contributed by atoms with E-state index in [1.54, 1.807) is 0 Å². The molecule has 0 unspecified atom stereocenters. The normalized spacial score (nSPS) is 18.3. The minimum atomic E-state index is -0.00981. The number of carbonyl (C=O) groups excluding carboxylic acids is 1. The van der Waals surface area contributed by atoms with Gasteiger partial charge in [-0.2, -0.15) is 0 Å². The molecule has 3 nitrogen and oxygen atoms in total. The highest BCUT2D eigenvalue weighted by Crippen LogP contribution is 2.29. The first kappa shape index (κ1) is 15.8. The van der Waals surface area contributed by atoms with Gasteiger partial charge in [0.25, 0.3) is 0 Å². The van der Waals surface area contributed by atoms with Crippen LogP contribution in [0.3, 0.4) is 0 Å². The van der Waals surface area contributed by atoms with Crippen LogP contribution in [-0.2, 0) is 11.2 Å². The average Bonchev–Trinajstić information content (AvgIpc) is 2.73. The molecular weight excluding hydrogens is 284 g/mol. The molecule has 0 radical (unpaired) electrons. The van der Waals surface area contributed by atoms with Gasteiger partial charge in [0.15, 0.2) is 0 Å². The number of nitrogens with one attached hydrogen (secondary N) is 2. The number of carbonyl (C=O) groups is 1. The van der Waals surface area contributed by atoms with Crippen LogP contribution in [0.4, 0.5) is 0 Å². The van der Waals surface area contributed by atoms with E-state index in [0.29, 0.717) is 6.54 Å². The Morgan fingerprint density at radius 3 is 2.70 bits per heavy atom. The second kappa shape index (κ2) is 6.97. The van der Waals surface area contributed by atoms with Crippen LogP contribution in [0.25, 0.3) is 11.1 Å². The molecule has 120 valence electrons. The monoisotopic (exact) mass is 308 g/mol. The smallest absolute Gasteiger partial charge is 0.224 e. The van der Waals surface area contributed by atoms with Crippen LogP contribution in [0.2, 0.25) is 0 Å². The average molecular weight is 308 g/mol. The van der Waals surface area contributed by atoms with Crippen molar-refractivity contribution in [3.8, 4) is 11.1 Å². The fraction of sp³-hybridized carbons (Fsp3) is 0.350. The Balaban J connectivity index is 1.93. The van der Waals surface area contributed by atoms with Crippen LogP contribution in [0.1, 0.15) is 16.7 Å². The number of hydrogen-bond donors (Lipinski definition) is 2. The van der Waals surface area contributed by atoms with Gasteiger partial charge in [-0.1, -0.05) is 48.0 Å². The van der Waals surface area contributed by atoms with Crippen LogP contribution in [0.5, 0.6) is 0 Å². The Kier molecular flexibility index (Phi) is 4.77. The molecule has 2 aromatic rings. The van der Waals surface area contributed by atoms with Crippen molar-refractivity contribution in [1.29, 1.82) is 0 Å². The van der Waals surface area contributed by atoms with Gasteiger partial charge in [-0.25, -0.2) is 0 Å². The molecule has 23 heavy (non-hydrogen) atoms. The number of amides is 1. The van der Waals surface area contributed by atoms with Gasteiger partial charge in [-0.05, 0) is 42.5 Å². The zero-order chi connectivity index (χ0) is 16.2. The van der Waals surface area contributed by atoms with Crippen molar-refractivity contribution in [3.63, 3.8) is 0 Å². The van der Waals surface area contributed by atoms with Gasteiger partial charge >= 0.3 is 0 Å². The molecule has 1 amide bonds. The Morgan fingerprint density at radius 1 is 1.04 bits per heavy atom. The van der Waals surface area contributed by atoms with E-state index >= 15 is 0 Å². The summed E-state index contributed by atoms with van der Waals surface area (Å²) >= 11 is 0. The summed E-state index contributed by atoms with van der Waals surface area (Å²) in [5, 5.41) is 6.33. The summed E-state index contributed by atoms with van der Waals surface area (Å²) < 4.78 is 0. The van der Waals surface area contributed by atoms with Gasteiger partial charge in [-0.3, -0.25) is 4.79 Å². The largest absolute Gasteiger partial charge is 0.355 e. The van der Waals surface area contributed by atoms with Gasteiger partial charge in [0.1, 0.15) is 0 Å². The van der Waals surface area contributed by atoms with Crippen molar-refractivity contribution in [1.82, 2.24) is 10.6 Å². The molecule has 2 aromatic carbocycles. The third kappa shape index (κ3) is 3.62. The molecule has 1 heterocycles. The number of benzene rings is 2. The molecule has 1 atom stereocenters. The van der Waals surface area contributed by atoms with E-state index in [9.17, 15) is 4.79 Å². The Bertz CT molecular complexity index is 709. The van der Waals surface area contributed by atoms with Crippen molar-refractivity contribution in [2.24, 2.45) is 5.92 Å². The molecule has 1 fully saturated rings. The predicted octanol–water partition coefficient (Wildman–Crippen LogP) is 2.85. The maximum Gasteiger partial charge on any atom is 0.224 e. The lowest BCUT2D eigenvalue weighted by Crippen LogP contribution is -2.32. The Hall–Kier alpha value is -2.13. The standard InChI is InChI=1S/C20H24N2O/c1-14-7-8-18(15(2)11-14)19-6-4-3-5-16(19)12-17-13-21-9-10-22-20(17)23/h3-8,11,17,21H,9-10,12-13H2,1-2H3,(H,22,23)/t17-/m1/s1. The molecule has 3 heteroatoms. The molecule has 1 aliphatic rings. The summed E-state index contributed by atoms with van der Waals surface area (Å²) in [7, 11) is 0. The van der Waals surface area contributed by atoms with Gasteiger partial charge < -0.3 is 10.6 Å². The topological polar surface area (TPSA) is 41.1 Å². The lowest BCUT2D eigenvalue weighted by atomic mass is 9.89. The molecule has 2 N–H and O–H groups in total. The second-order valence-electron chi connectivity index (χ2n) is 6.37. The highest BCUT2D eigenvalue weighted by atomic mass is 16.1. The van der Waals surface area contributed by atoms with Gasteiger partial charge in [0, 0.05) is 19.6 Å². The van der Waals surface area contributed by atoms with Gasteiger partial charge in [0.2, 0.25) is 5.91 Å². The molecule has 0 saturated carbocycles. The molecule has 1 saturated heterocycles. The zero-order valence-corrected chi connectivity index (χ0v) is 13.9. The summed E-state index contributed by atoms with van der Waals surface area (Å²) in [5.74, 6) is 0.148. The van der Waals surface area contributed by atoms with Gasteiger partial charge in [0.05, 0.1) is 5.92 Å². The first-order valence-electron chi connectivity index (χ1n) is 8.29. The van der Waals surface area contributed by atoms with E-state index in [-0.39, 0.29) is 11.8 Å².